The number of hydrogen-bond donors (Lipinski definition) is 1. The van der Waals surface area contributed by atoms with Crippen molar-refractivity contribution in [3.63, 3.8) is 0 Å². The van der Waals surface area contributed by atoms with Crippen LogP contribution in [0.2, 0.25) is 0 Å². The summed E-state index contributed by atoms with van der Waals surface area (Å²) in [7, 11) is 0. The standard InChI is InChI=1S/C28H38N4O3/c1-22(33)32-16-8-4-2-3-7-15-31(26-12-17-35-18-13-26)21-24-19-23(10-11-27(24)32)28(34)30-20-25-9-5-6-14-29-25/h5-6,9-11,14,19,26H,2-4,7-8,12-13,15-18,20-21H2,1H3,(H,30,34). The number of nitrogens with one attached hydrogen (secondary N) is 1. The highest BCUT2D eigenvalue weighted by Gasteiger charge is 2.25. The molecule has 0 spiro atoms. The lowest BCUT2D eigenvalue weighted by Crippen LogP contribution is -2.40. The Hall–Kier alpha value is -2.77. The van der Waals surface area contributed by atoms with Gasteiger partial charge in [0.25, 0.3) is 5.91 Å². The summed E-state index contributed by atoms with van der Waals surface area (Å²) in [6.45, 7) is 6.08. The maximum absolute atomic E-state index is 13.0. The topological polar surface area (TPSA) is 74.8 Å². The van der Waals surface area contributed by atoms with E-state index in [1.54, 1.807) is 13.1 Å². The van der Waals surface area contributed by atoms with Gasteiger partial charge in [0.15, 0.2) is 0 Å². The third-order valence-electron chi connectivity index (χ3n) is 7.08. The summed E-state index contributed by atoms with van der Waals surface area (Å²) in [4.78, 5) is 34.4. The first-order valence-electron chi connectivity index (χ1n) is 13.0. The van der Waals surface area contributed by atoms with E-state index in [1.165, 1.54) is 19.3 Å². The van der Waals surface area contributed by atoms with E-state index in [2.05, 4.69) is 15.2 Å². The lowest BCUT2D eigenvalue weighted by atomic mass is 10.0. The Bertz CT molecular complexity index is 975. The zero-order chi connectivity index (χ0) is 24.5. The zero-order valence-electron chi connectivity index (χ0n) is 20.9. The molecule has 188 valence electrons. The van der Waals surface area contributed by atoms with E-state index in [0.717, 1.165) is 68.9 Å². The van der Waals surface area contributed by atoms with Gasteiger partial charge in [0.2, 0.25) is 5.91 Å². The number of fused-ring (bicyclic) bond motifs is 1. The van der Waals surface area contributed by atoms with Gasteiger partial charge in [-0.25, -0.2) is 0 Å². The van der Waals surface area contributed by atoms with Gasteiger partial charge in [0.1, 0.15) is 0 Å². The smallest absolute Gasteiger partial charge is 0.251 e. The molecule has 2 aliphatic heterocycles. The highest BCUT2D eigenvalue weighted by Crippen LogP contribution is 2.28. The van der Waals surface area contributed by atoms with Crippen molar-refractivity contribution in [3.05, 3.63) is 59.4 Å². The molecule has 1 saturated heterocycles. The minimum atomic E-state index is -0.128. The van der Waals surface area contributed by atoms with Crippen LogP contribution in [0.15, 0.2) is 42.6 Å². The lowest BCUT2D eigenvalue weighted by Gasteiger charge is -2.36. The van der Waals surface area contributed by atoms with Crippen molar-refractivity contribution in [1.82, 2.24) is 15.2 Å². The number of nitrogens with zero attached hydrogens (tertiary/aromatic N) is 3. The number of carbonyl (C=O) groups excluding carboxylic acids is 2. The van der Waals surface area contributed by atoms with Crippen LogP contribution in [0.4, 0.5) is 5.69 Å². The largest absolute Gasteiger partial charge is 0.381 e. The predicted octanol–water partition coefficient (Wildman–Crippen LogP) is 4.31. The van der Waals surface area contributed by atoms with E-state index < -0.39 is 0 Å². The summed E-state index contributed by atoms with van der Waals surface area (Å²) in [5.74, 6) is -0.0789. The van der Waals surface area contributed by atoms with Crippen LogP contribution in [0, 0.1) is 0 Å². The fourth-order valence-corrected chi connectivity index (χ4v) is 5.11. The number of ether oxygens (including phenoxy) is 1. The lowest BCUT2D eigenvalue weighted by molar-refractivity contribution is -0.116. The van der Waals surface area contributed by atoms with Crippen LogP contribution in [0.3, 0.4) is 0 Å². The van der Waals surface area contributed by atoms with Crippen molar-refractivity contribution >= 4 is 17.5 Å². The molecule has 0 radical (unpaired) electrons. The van der Waals surface area contributed by atoms with Crippen LogP contribution in [0.5, 0.6) is 0 Å². The molecule has 0 atom stereocenters. The van der Waals surface area contributed by atoms with Gasteiger partial charge in [0, 0.05) is 56.7 Å². The molecule has 0 aliphatic carbocycles. The third-order valence-corrected chi connectivity index (χ3v) is 7.08. The molecule has 7 heteroatoms. The van der Waals surface area contributed by atoms with E-state index in [4.69, 9.17) is 4.74 Å². The molecule has 4 rings (SSSR count). The number of rotatable bonds is 4. The monoisotopic (exact) mass is 478 g/mol. The summed E-state index contributed by atoms with van der Waals surface area (Å²) < 4.78 is 5.62. The van der Waals surface area contributed by atoms with E-state index >= 15 is 0 Å². The van der Waals surface area contributed by atoms with E-state index in [-0.39, 0.29) is 11.8 Å². The Morgan fingerprint density at radius 2 is 1.80 bits per heavy atom. The summed E-state index contributed by atoms with van der Waals surface area (Å²) in [6, 6.07) is 11.9. The molecule has 1 fully saturated rings. The fourth-order valence-electron chi connectivity index (χ4n) is 5.11. The molecule has 0 unspecified atom stereocenters. The Labute approximate surface area is 208 Å². The SMILES string of the molecule is CC(=O)N1CCCCCCCN(C2CCOCC2)Cc2cc(C(=O)NCc3ccccn3)ccc21. The fraction of sp³-hybridized carbons (Fsp3) is 0.536. The Balaban J connectivity index is 1.61. The van der Waals surface area contributed by atoms with Crippen LogP contribution in [-0.4, -0.2) is 54.0 Å². The molecule has 2 aliphatic rings. The zero-order valence-corrected chi connectivity index (χ0v) is 20.9. The second-order valence-corrected chi connectivity index (χ2v) is 9.60. The summed E-state index contributed by atoms with van der Waals surface area (Å²) >= 11 is 0. The minimum Gasteiger partial charge on any atom is -0.381 e. The van der Waals surface area contributed by atoms with Gasteiger partial charge in [-0.2, -0.15) is 0 Å². The third kappa shape index (κ3) is 7.12. The molecule has 2 amide bonds. The predicted molar refractivity (Wildman–Crippen MR) is 137 cm³/mol. The molecule has 0 bridgehead atoms. The molecule has 7 nitrogen and oxygen atoms in total. The number of aromatic nitrogens is 1. The van der Waals surface area contributed by atoms with E-state index in [1.807, 2.05) is 41.3 Å². The summed E-state index contributed by atoms with van der Waals surface area (Å²) in [5.41, 5.74) is 3.40. The molecule has 35 heavy (non-hydrogen) atoms. The van der Waals surface area contributed by atoms with Crippen LogP contribution in [-0.2, 0) is 22.6 Å². The van der Waals surface area contributed by atoms with Crippen molar-refractivity contribution in [2.75, 3.05) is 31.2 Å². The first-order valence-corrected chi connectivity index (χ1v) is 13.0. The average Bonchev–Trinajstić information content (AvgIpc) is 2.88. The number of anilines is 1. The van der Waals surface area contributed by atoms with Crippen molar-refractivity contribution in [2.45, 2.75) is 71.0 Å². The highest BCUT2D eigenvalue weighted by molar-refractivity contribution is 5.97. The quantitative estimate of drug-likeness (QED) is 0.709. The van der Waals surface area contributed by atoms with Crippen LogP contribution in [0.1, 0.15) is 73.5 Å². The molecular formula is C28H38N4O3. The van der Waals surface area contributed by atoms with Gasteiger partial charge in [-0.15, -0.1) is 0 Å². The van der Waals surface area contributed by atoms with Crippen LogP contribution < -0.4 is 10.2 Å². The Morgan fingerprint density at radius 1 is 1.03 bits per heavy atom. The van der Waals surface area contributed by atoms with Crippen molar-refractivity contribution < 1.29 is 14.3 Å². The summed E-state index contributed by atoms with van der Waals surface area (Å²) in [5, 5.41) is 2.99. The maximum atomic E-state index is 13.0. The second kappa shape index (κ2) is 12.8. The van der Waals surface area contributed by atoms with E-state index in [9.17, 15) is 9.59 Å². The number of carbonyl (C=O) groups is 2. The molecule has 3 heterocycles. The molecule has 0 saturated carbocycles. The molecule has 1 N–H and O–H groups in total. The number of hydrogen-bond acceptors (Lipinski definition) is 5. The summed E-state index contributed by atoms with van der Waals surface area (Å²) in [6.07, 6.45) is 9.49. The molecule has 2 aromatic rings. The highest BCUT2D eigenvalue weighted by atomic mass is 16.5. The Kier molecular flexibility index (Phi) is 9.26. The first-order chi connectivity index (χ1) is 17.1. The number of amides is 2. The first kappa shape index (κ1) is 25.3. The van der Waals surface area contributed by atoms with Crippen molar-refractivity contribution in [3.8, 4) is 0 Å². The minimum absolute atomic E-state index is 0.0493. The Morgan fingerprint density at radius 3 is 2.54 bits per heavy atom. The van der Waals surface area contributed by atoms with Gasteiger partial charge in [-0.05, 0) is 68.1 Å². The van der Waals surface area contributed by atoms with Gasteiger partial charge < -0.3 is 15.0 Å². The average molecular weight is 479 g/mol. The normalized spacial score (nSPS) is 18.7. The van der Waals surface area contributed by atoms with Gasteiger partial charge in [0.05, 0.1) is 12.2 Å². The van der Waals surface area contributed by atoms with Crippen LogP contribution in [0.25, 0.3) is 0 Å². The van der Waals surface area contributed by atoms with E-state index in [0.29, 0.717) is 24.7 Å². The number of benzene rings is 1. The second-order valence-electron chi connectivity index (χ2n) is 9.60. The number of pyridine rings is 1. The van der Waals surface area contributed by atoms with Crippen LogP contribution >= 0.6 is 0 Å². The molecule has 1 aromatic heterocycles. The molecular weight excluding hydrogens is 440 g/mol. The van der Waals surface area contributed by atoms with Crippen molar-refractivity contribution in [2.24, 2.45) is 0 Å². The van der Waals surface area contributed by atoms with Gasteiger partial charge in [-0.1, -0.05) is 25.3 Å². The van der Waals surface area contributed by atoms with Gasteiger partial charge >= 0.3 is 0 Å². The molecule has 1 aromatic carbocycles. The maximum Gasteiger partial charge on any atom is 0.251 e. The van der Waals surface area contributed by atoms with Crippen molar-refractivity contribution in [1.29, 1.82) is 0 Å². The van der Waals surface area contributed by atoms with Gasteiger partial charge in [-0.3, -0.25) is 19.5 Å².